The maximum atomic E-state index is 13.2. The second kappa shape index (κ2) is 5.07. The Morgan fingerprint density at radius 2 is 2.33 bits per heavy atom. The molecule has 1 aromatic carbocycles. The molecule has 18 heavy (non-hydrogen) atoms. The van der Waals surface area contributed by atoms with Gasteiger partial charge in [0.05, 0.1) is 16.2 Å². The average molecular weight is 327 g/mol. The van der Waals surface area contributed by atoms with Crippen LogP contribution < -0.4 is 5.32 Å². The van der Waals surface area contributed by atoms with E-state index in [2.05, 4.69) is 26.2 Å². The number of hydrogen-bond acceptors (Lipinski definition) is 3. The number of hydrogen-bond donors (Lipinski definition) is 1. The second-order valence-electron chi connectivity index (χ2n) is 4.35. The predicted molar refractivity (Wildman–Crippen MR) is 75.2 cm³/mol. The summed E-state index contributed by atoms with van der Waals surface area (Å²) >= 11 is 4.87. The number of thiazole rings is 1. The molecule has 2 aromatic rings. The van der Waals surface area contributed by atoms with Crippen molar-refractivity contribution in [3.63, 3.8) is 0 Å². The maximum Gasteiger partial charge on any atom is 0.137 e. The number of aromatic nitrogens is 1. The van der Waals surface area contributed by atoms with Gasteiger partial charge in [0, 0.05) is 10.9 Å². The molecule has 1 saturated heterocycles. The fourth-order valence-corrected chi connectivity index (χ4v) is 3.45. The van der Waals surface area contributed by atoms with Crippen molar-refractivity contribution in [3.8, 4) is 11.3 Å². The predicted octanol–water partition coefficient (Wildman–Crippen LogP) is 4.14. The molecule has 0 radical (unpaired) electrons. The highest BCUT2D eigenvalue weighted by Crippen LogP contribution is 2.31. The number of benzene rings is 1. The summed E-state index contributed by atoms with van der Waals surface area (Å²) in [4.78, 5) is 4.65. The van der Waals surface area contributed by atoms with Gasteiger partial charge in [-0.05, 0) is 53.5 Å². The molecule has 1 unspecified atom stereocenters. The molecule has 2 heterocycles. The van der Waals surface area contributed by atoms with Crippen molar-refractivity contribution in [1.82, 2.24) is 10.3 Å². The van der Waals surface area contributed by atoms with Crippen molar-refractivity contribution in [3.05, 3.63) is 38.9 Å². The van der Waals surface area contributed by atoms with E-state index in [9.17, 15) is 4.39 Å². The first-order chi connectivity index (χ1) is 8.74. The summed E-state index contributed by atoms with van der Waals surface area (Å²) in [5.74, 6) is -0.244. The minimum absolute atomic E-state index is 0.244. The van der Waals surface area contributed by atoms with Crippen LogP contribution in [0.3, 0.4) is 0 Å². The molecule has 1 aliphatic heterocycles. The minimum atomic E-state index is -0.244. The van der Waals surface area contributed by atoms with Crippen LogP contribution in [0.1, 0.15) is 23.9 Å². The van der Waals surface area contributed by atoms with Gasteiger partial charge >= 0.3 is 0 Å². The van der Waals surface area contributed by atoms with Gasteiger partial charge in [-0.2, -0.15) is 0 Å². The number of nitrogens with one attached hydrogen (secondary N) is 1. The molecule has 94 valence electrons. The van der Waals surface area contributed by atoms with Gasteiger partial charge < -0.3 is 5.32 Å². The molecule has 1 aliphatic rings. The zero-order chi connectivity index (χ0) is 12.5. The highest BCUT2D eigenvalue weighted by atomic mass is 79.9. The van der Waals surface area contributed by atoms with Crippen LogP contribution in [0.15, 0.2) is 28.1 Å². The summed E-state index contributed by atoms with van der Waals surface area (Å²) in [7, 11) is 0. The first-order valence-electron chi connectivity index (χ1n) is 5.88. The van der Waals surface area contributed by atoms with Crippen molar-refractivity contribution < 1.29 is 4.39 Å². The van der Waals surface area contributed by atoms with E-state index < -0.39 is 0 Å². The second-order valence-corrected chi connectivity index (χ2v) is 6.09. The van der Waals surface area contributed by atoms with Gasteiger partial charge in [-0.15, -0.1) is 11.3 Å². The molecule has 0 amide bonds. The van der Waals surface area contributed by atoms with Crippen molar-refractivity contribution in [2.45, 2.75) is 18.9 Å². The third kappa shape index (κ3) is 2.35. The van der Waals surface area contributed by atoms with Gasteiger partial charge in [0.15, 0.2) is 0 Å². The molecule has 1 N–H and O–H groups in total. The summed E-state index contributed by atoms with van der Waals surface area (Å²) < 4.78 is 13.7. The number of nitrogens with zero attached hydrogens (tertiary/aromatic N) is 1. The highest BCUT2D eigenvalue weighted by Gasteiger charge is 2.19. The Hall–Kier alpha value is -0.780. The zero-order valence-corrected chi connectivity index (χ0v) is 12.0. The lowest BCUT2D eigenvalue weighted by atomic mass is 10.2. The van der Waals surface area contributed by atoms with Crippen molar-refractivity contribution in [2.75, 3.05) is 6.54 Å². The monoisotopic (exact) mass is 326 g/mol. The lowest BCUT2D eigenvalue weighted by molar-refractivity contribution is 0.621. The smallest absolute Gasteiger partial charge is 0.137 e. The van der Waals surface area contributed by atoms with Crippen molar-refractivity contribution in [1.29, 1.82) is 0 Å². The molecular formula is C13H12BrFN2S. The molecule has 2 nitrogen and oxygen atoms in total. The van der Waals surface area contributed by atoms with Gasteiger partial charge in [0.25, 0.3) is 0 Å². The van der Waals surface area contributed by atoms with E-state index in [0.29, 0.717) is 10.5 Å². The molecule has 3 rings (SSSR count). The molecule has 5 heteroatoms. The van der Waals surface area contributed by atoms with E-state index in [-0.39, 0.29) is 5.82 Å². The molecule has 0 bridgehead atoms. The lowest BCUT2D eigenvalue weighted by Crippen LogP contribution is -2.12. The summed E-state index contributed by atoms with van der Waals surface area (Å²) in [6.07, 6.45) is 2.36. The van der Waals surface area contributed by atoms with Gasteiger partial charge in [0.2, 0.25) is 0 Å². The van der Waals surface area contributed by atoms with Crippen LogP contribution in [0.4, 0.5) is 4.39 Å². The van der Waals surface area contributed by atoms with E-state index in [0.717, 1.165) is 29.2 Å². The first kappa shape index (κ1) is 12.3. The fraction of sp³-hybridized carbons (Fsp3) is 0.308. The lowest BCUT2D eigenvalue weighted by Gasteiger charge is -2.04. The molecular weight excluding hydrogens is 315 g/mol. The Bertz CT molecular complexity index is 564. The SMILES string of the molecule is Fc1ccc(-c2csc(C3CCCN3)n2)cc1Br. The van der Waals surface area contributed by atoms with Gasteiger partial charge in [-0.25, -0.2) is 9.37 Å². The molecule has 0 saturated carbocycles. The Morgan fingerprint density at radius 1 is 1.44 bits per heavy atom. The number of rotatable bonds is 2. The Morgan fingerprint density at radius 3 is 3.06 bits per heavy atom. The zero-order valence-electron chi connectivity index (χ0n) is 9.62. The van der Waals surface area contributed by atoms with Gasteiger partial charge in [0.1, 0.15) is 10.8 Å². The Kier molecular flexibility index (Phi) is 3.46. The van der Waals surface area contributed by atoms with Crippen LogP contribution >= 0.6 is 27.3 Å². The van der Waals surface area contributed by atoms with E-state index in [1.54, 1.807) is 23.5 Å². The largest absolute Gasteiger partial charge is 0.308 e. The van der Waals surface area contributed by atoms with Crippen molar-refractivity contribution >= 4 is 27.3 Å². The third-order valence-electron chi connectivity index (χ3n) is 3.10. The normalized spacial score (nSPS) is 19.3. The topological polar surface area (TPSA) is 24.9 Å². The standard InChI is InChI=1S/C13H12BrFN2S/c14-9-6-8(3-4-10(9)15)12-7-18-13(17-12)11-2-1-5-16-11/h3-4,6-7,11,16H,1-2,5H2. The van der Waals surface area contributed by atoms with Crippen LogP contribution in [0, 0.1) is 5.82 Å². The molecule has 1 atom stereocenters. The van der Waals surface area contributed by atoms with E-state index in [1.807, 2.05) is 5.38 Å². The summed E-state index contributed by atoms with van der Waals surface area (Å²) in [6, 6.07) is 5.40. The summed E-state index contributed by atoms with van der Waals surface area (Å²) in [5, 5.41) is 6.60. The van der Waals surface area contributed by atoms with Crippen LogP contribution in [0.5, 0.6) is 0 Å². The summed E-state index contributed by atoms with van der Waals surface area (Å²) in [5.41, 5.74) is 1.87. The Balaban J connectivity index is 1.89. The molecule has 0 aliphatic carbocycles. The van der Waals surface area contributed by atoms with Crippen LogP contribution in [-0.4, -0.2) is 11.5 Å². The quantitative estimate of drug-likeness (QED) is 0.897. The van der Waals surface area contributed by atoms with Gasteiger partial charge in [-0.3, -0.25) is 0 Å². The van der Waals surface area contributed by atoms with Crippen LogP contribution in [0.2, 0.25) is 0 Å². The average Bonchev–Trinajstić information content (AvgIpc) is 3.01. The van der Waals surface area contributed by atoms with Crippen LogP contribution in [0.25, 0.3) is 11.3 Å². The van der Waals surface area contributed by atoms with E-state index in [1.165, 1.54) is 12.5 Å². The maximum absolute atomic E-state index is 13.2. The molecule has 1 fully saturated rings. The Labute approximate surface area is 117 Å². The van der Waals surface area contributed by atoms with E-state index in [4.69, 9.17) is 0 Å². The number of halogens is 2. The van der Waals surface area contributed by atoms with Crippen LogP contribution in [-0.2, 0) is 0 Å². The van der Waals surface area contributed by atoms with Gasteiger partial charge in [-0.1, -0.05) is 0 Å². The minimum Gasteiger partial charge on any atom is -0.308 e. The fourth-order valence-electron chi connectivity index (χ4n) is 2.13. The summed E-state index contributed by atoms with van der Waals surface area (Å²) in [6.45, 7) is 1.07. The molecule has 0 spiro atoms. The highest BCUT2D eigenvalue weighted by molar-refractivity contribution is 9.10. The van der Waals surface area contributed by atoms with Crippen molar-refractivity contribution in [2.24, 2.45) is 0 Å². The van der Waals surface area contributed by atoms with E-state index >= 15 is 0 Å². The molecule has 1 aromatic heterocycles. The third-order valence-corrected chi connectivity index (χ3v) is 4.66. The first-order valence-corrected chi connectivity index (χ1v) is 7.55.